The Bertz CT molecular complexity index is 5800. The summed E-state index contributed by atoms with van der Waals surface area (Å²) in [5.74, 6) is -2.72. The number of ether oxygens (including phenoxy) is 2. The second kappa shape index (κ2) is 47.1. The topological polar surface area (TPSA) is 327 Å². The van der Waals surface area contributed by atoms with Crippen LogP contribution in [0.15, 0.2) is 132 Å². The lowest BCUT2D eigenvalue weighted by Gasteiger charge is -2.35. The third kappa shape index (κ3) is 26.7. The van der Waals surface area contributed by atoms with Gasteiger partial charge in [0.05, 0.1) is 87.0 Å². The number of carboxylic acids is 1. The summed E-state index contributed by atoms with van der Waals surface area (Å²) >= 11 is 15.9. The molecule has 12 rings (SSSR count). The van der Waals surface area contributed by atoms with Crippen molar-refractivity contribution in [1.82, 2.24) is 55.3 Å². The van der Waals surface area contributed by atoms with Crippen LogP contribution in [0.2, 0.25) is 10.0 Å². The maximum Gasteiger partial charge on any atom is 0.329 e. The van der Waals surface area contributed by atoms with Crippen LogP contribution >= 0.6 is 45.9 Å². The lowest BCUT2D eigenvalue weighted by molar-refractivity contribution is -0.144. The highest BCUT2D eigenvalue weighted by molar-refractivity contribution is 7.13. The molecule has 2 aliphatic rings. The van der Waals surface area contributed by atoms with Crippen LogP contribution in [0.25, 0.3) is 52.8 Å². The Hall–Kier alpha value is -11.2. The molecule has 8 N–H and O–H groups in total. The summed E-state index contributed by atoms with van der Waals surface area (Å²) in [7, 11) is 0. The molecule has 2 saturated heterocycles. The maximum atomic E-state index is 14.1. The molecule has 0 aliphatic carbocycles. The average molecular weight is 1890 g/mol. The zero-order valence-corrected chi connectivity index (χ0v) is 82.8. The first-order chi connectivity index (χ1) is 63.2. The Morgan fingerprint density at radius 3 is 1.29 bits per heavy atom. The number of thiazole rings is 2. The number of hydrogen-bond acceptors (Lipinski definition) is 19. The van der Waals surface area contributed by atoms with E-state index in [0.29, 0.717) is 34.6 Å². The highest BCUT2D eigenvalue weighted by atomic mass is 35.5. The molecular weight excluding hydrogens is 1760 g/mol. The van der Waals surface area contributed by atoms with Gasteiger partial charge in [0.15, 0.2) is 0 Å². The molecule has 8 atom stereocenters. The molecule has 0 radical (unpaired) electrons. The largest absolute Gasteiger partial charge is 0.480 e. The monoisotopic (exact) mass is 1890 g/mol. The number of nitrogens with two attached hydrogens (primary N) is 1. The quantitative estimate of drug-likeness (QED) is 0.0143. The van der Waals surface area contributed by atoms with Crippen LogP contribution in [0.1, 0.15) is 189 Å². The SMILES string of the molecule is Cc1ncsc1-c1ccc([C@H](C)NC(=O)[C@@H]2C[C@@H](O)CN2C(=O)[C@@H](N)C(C)(C)C)cc1.[C-]#[N+]c1ccc(N(CC)c2cc(-c3c(C)nn(CCCCCOCC(=O)N[C@H](C(=O)N4C[C@H](O)C[C@H]4C(=O)N[C@@H](C)c4ccc(-c5scnc5C)cc4)C(C)(C)C)c3C)ccc2C)cc1Cl.[C-]#[N+]c1ccc(N(CC)c2cc(-c3c(C)nn(CCCCCOCC(=O)O)c3C)ccc2C)cc1Cl. The third-order valence-electron chi connectivity index (χ3n) is 24.4. The highest BCUT2D eigenvalue weighted by Crippen LogP contribution is 2.42. The number of rotatable bonds is 35. The molecule has 708 valence electrons. The van der Waals surface area contributed by atoms with Crippen molar-refractivity contribution in [2.24, 2.45) is 16.6 Å². The van der Waals surface area contributed by atoms with E-state index >= 15 is 0 Å². The molecular formula is C102H128Cl2N16O11S2. The number of amides is 5. The number of nitrogens with one attached hydrogen (secondary N) is 3. The van der Waals surface area contributed by atoms with Crippen molar-refractivity contribution in [1.29, 1.82) is 0 Å². The number of unbranched alkanes of at least 4 members (excludes halogenated alkanes) is 4. The number of β-amino-alcohol motifs (C(OH)–C–C–N with tert-alkyl or cyclic N) is 2. The minimum absolute atomic E-state index is 0.00552. The Balaban J connectivity index is 0.000000229. The Kier molecular flexibility index (Phi) is 36.8. The van der Waals surface area contributed by atoms with Crippen LogP contribution in [-0.2, 0) is 51.3 Å². The lowest BCUT2D eigenvalue weighted by Crippen LogP contribution is -2.58. The number of aromatic nitrogens is 6. The van der Waals surface area contributed by atoms with E-state index in [4.69, 9.17) is 66.9 Å². The predicted molar refractivity (Wildman–Crippen MR) is 530 cm³/mol. The Morgan fingerprint density at radius 1 is 0.534 bits per heavy atom. The smallest absolute Gasteiger partial charge is 0.329 e. The molecule has 0 saturated carbocycles. The van der Waals surface area contributed by atoms with Crippen molar-refractivity contribution in [3.63, 3.8) is 0 Å². The molecule has 10 aromatic rings. The van der Waals surface area contributed by atoms with E-state index in [-0.39, 0.29) is 69.0 Å². The first kappa shape index (κ1) is 104. The number of aliphatic carboxylic acids is 1. The first-order valence-corrected chi connectivity index (χ1v) is 47.9. The molecule has 27 nitrogen and oxygen atoms in total. The summed E-state index contributed by atoms with van der Waals surface area (Å²) in [6.07, 6.45) is 3.92. The number of carbonyl (C=O) groups is 6. The average Bonchev–Trinajstić information content (AvgIpc) is 1.68. The van der Waals surface area contributed by atoms with E-state index in [1.54, 1.807) is 34.8 Å². The Morgan fingerprint density at radius 2 is 0.932 bits per heavy atom. The Labute approximate surface area is 800 Å². The molecule has 0 unspecified atom stereocenters. The zero-order chi connectivity index (χ0) is 97.0. The second-order valence-corrected chi connectivity index (χ2v) is 38.9. The number of aryl methyl sites for hydroxylation is 8. The minimum atomic E-state index is -0.945. The molecule has 0 spiro atoms. The van der Waals surface area contributed by atoms with Crippen LogP contribution in [0.4, 0.5) is 34.1 Å². The summed E-state index contributed by atoms with van der Waals surface area (Å²) in [6.45, 7) is 53.8. The summed E-state index contributed by atoms with van der Waals surface area (Å²) < 4.78 is 15.0. The maximum absolute atomic E-state index is 14.1. The number of nitrogens with zero attached hydrogens (tertiary/aromatic N) is 12. The van der Waals surface area contributed by atoms with Crippen molar-refractivity contribution in [3.05, 3.63) is 222 Å². The van der Waals surface area contributed by atoms with Crippen molar-refractivity contribution >= 4 is 116 Å². The molecule has 2 aliphatic heterocycles. The van der Waals surface area contributed by atoms with Gasteiger partial charge in [0.25, 0.3) is 0 Å². The van der Waals surface area contributed by atoms with Crippen LogP contribution in [0.5, 0.6) is 0 Å². The van der Waals surface area contributed by atoms with Gasteiger partial charge in [0, 0.05) is 121 Å². The van der Waals surface area contributed by atoms with Gasteiger partial charge in [0.1, 0.15) is 31.3 Å². The number of carboxylic acid groups (broad SMARTS) is 1. The molecule has 6 heterocycles. The van der Waals surface area contributed by atoms with Gasteiger partial charge >= 0.3 is 5.97 Å². The van der Waals surface area contributed by atoms with Gasteiger partial charge in [-0.2, -0.15) is 10.2 Å². The van der Waals surface area contributed by atoms with Gasteiger partial charge in [-0.25, -0.2) is 24.5 Å². The van der Waals surface area contributed by atoms with E-state index < -0.39 is 65.0 Å². The number of likely N-dealkylation sites (tertiary alicyclic amines) is 2. The predicted octanol–water partition coefficient (Wildman–Crippen LogP) is 19.6. The van der Waals surface area contributed by atoms with E-state index in [1.807, 2.05) is 167 Å². The highest BCUT2D eigenvalue weighted by Gasteiger charge is 2.46. The summed E-state index contributed by atoms with van der Waals surface area (Å²) in [5, 5.41) is 48.9. The third-order valence-corrected chi connectivity index (χ3v) is 26.9. The van der Waals surface area contributed by atoms with Crippen LogP contribution in [-0.4, -0.2) is 179 Å². The molecule has 31 heteroatoms. The molecule has 6 aromatic carbocycles. The van der Waals surface area contributed by atoms with E-state index in [0.717, 1.165) is 187 Å². The van der Waals surface area contributed by atoms with Gasteiger partial charge in [-0.05, 0) is 213 Å². The van der Waals surface area contributed by atoms with Gasteiger partial charge < -0.3 is 66.1 Å². The fourth-order valence-electron chi connectivity index (χ4n) is 16.8. The number of anilines is 4. The molecule has 0 bridgehead atoms. The fourth-order valence-corrected chi connectivity index (χ4v) is 18.9. The molecule has 2 fully saturated rings. The number of carbonyl (C=O) groups excluding carboxylic acids is 5. The van der Waals surface area contributed by atoms with Gasteiger partial charge in [-0.1, -0.05) is 150 Å². The van der Waals surface area contributed by atoms with Crippen molar-refractivity contribution in [2.45, 2.75) is 238 Å². The van der Waals surface area contributed by atoms with Crippen molar-refractivity contribution in [2.75, 3.05) is 62.4 Å². The number of aliphatic hydroxyl groups is 2. The molecule has 4 aromatic heterocycles. The van der Waals surface area contributed by atoms with E-state index in [9.17, 15) is 39.0 Å². The first-order valence-electron chi connectivity index (χ1n) is 45.4. The lowest BCUT2D eigenvalue weighted by atomic mass is 9.85. The van der Waals surface area contributed by atoms with Crippen molar-refractivity contribution < 1.29 is 53.6 Å². The zero-order valence-electron chi connectivity index (χ0n) is 79.7. The second-order valence-electron chi connectivity index (χ2n) is 36.4. The van der Waals surface area contributed by atoms with Crippen LogP contribution in [0.3, 0.4) is 0 Å². The van der Waals surface area contributed by atoms with Crippen LogP contribution < -0.4 is 31.5 Å². The van der Waals surface area contributed by atoms with E-state index in [2.05, 4.69) is 133 Å². The fraction of sp³-hybridized carbons (Fsp3) is 0.451. The number of aliphatic hydroxyl groups excluding tert-OH is 2. The van der Waals surface area contributed by atoms with Crippen molar-refractivity contribution in [3.8, 4) is 43.1 Å². The molecule has 5 amide bonds. The van der Waals surface area contributed by atoms with Gasteiger partial charge in [-0.15, -0.1) is 22.7 Å². The standard InChI is InChI=1S/C51H63ClN8O5S.C28H33ClN4O3.C23H32N4O3S/c1-11-58(39-21-22-42(53-10)41(52)26-39)43-25-38(16-15-31(43)2)46-33(4)57-60(35(46)6)23-13-12-14-24-65-29-45(62)56-48(51(7,8)9)50(64)59-28-40(61)27-44(59)49(63)55-32(3)36-17-19-37(20-18-36)47-34(5)54-30-66-47;1-6-32(23-12-13-25(30-5)24(29)17-23)26-16-22(11-10-19(26)2)28-20(3)31-33(21(28)4)14-8-7-9-15-36-18-27(34)35;1-13(15-6-8-16(9-7-15)19-14(2)25-12-31-19)26-21(29)18-10-17(28)11-27(18)22(30)20(24)23(3,4)5/h15-22,25-26,30,32,40,44,48,61H,11-14,23-24,27-29H2,1-9H3,(H,55,63)(H,56,62);10-13,16-17H,6-9,14-15,18H2,1-4H3,(H,34,35);6-9,12-13,17-18,20,28H,10-11,24H2,1-5H3,(H,26,29)/t32-,40+,44-,48+;;13-,17+,18-,20+/m0.0/s1. The van der Waals surface area contributed by atoms with Gasteiger partial charge in [0.2, 0.25) is 40.9 Å². The number of benzene rings is 6. The summed E-state index contributed by atoms with van der Waals surface area (Å²) in [6, 6.07) is 36.2. The minimum Gasteiger partial charge on any atom is -0.480 e. The summed E-state index contributed by atoms with van der Waals surface area (Å²) in [4.78, 5) is 102. The van der Waals surface area contributed by atoms with E-state index in [1.165, 1.54) is 9.80 Å². The normalized spacial score (nSPS) is 15.7. The summed E-state index contributed by atoms with van der Waals surface area (Å²) in [5.41, 5.74) is 30.4. The number of hydrogen-bond donors (Lipinski definition) is 7. The number of halogens is 2. The molecule has 133 heavy (non-hydrogen) atoms. The van der Waals surface area contributed by atoms with Crippen LogP contribution in [0, 0.1) is 79.4 Å². The van der Waals surface area contributed by atoms with Gasteiger partial charge in [-0.3, -0.25) is 33.3 Å².